The summed E-state index contributed by atoms with van der Waals surface area (Å²) in [5, 5.41) is 6.47. The van der Waals surface area contributed by atoms with Crippen LogP contribution in [0.3, 0.4) is 0 Å². The van der Waals surface area contributed by atoms with E-state index in [1.807, 2.05) is 18.2 Å². The molecule has 17 heavy (non-hydrogen) atoms. The molecule has 2 aromatic rings. The molecular formula is C11H13N5O. The van der Waals surface area contributed by atoms with Crippen LogP contribution in [-0.2, 0) is 11.8 Å². The Bertz CT molecular complexity index is 508. The van der Waals surface area contributed by atoms with Crippen LogP contribution in [0.15, 0.2) is 36.7 Å². The highest BCUT2D eigenvalue weighted by atomic mass is 16.2. The predicted molar refractivity (Wildman–Crippen MR) is 63.0 cm³/mol. The van der Waals surface area contributed by atoms with Crippen LogP contribution < -0.4 is 11.1 Å². The van der Waals surface area contributed by atoms with Crippen LogP contribution in [0.1, 0.15) is 11.6 Å². The number of carbonyl (C=O) groups is 1. The molecule has 2 rings (SSSR count). The Morgan fingerprint density at radius 3 is 2.71 bits per heavy atom. The molecule has 1 aromatic carbocycles. The molecule has 0 spiro atoms. The van der Waals surface area contributed by atoms with Gasteiger partial charge in [-0.3, -0.25) is 10.1 Å². The van der Waals surface area contributed by atoms with Crippen LogP contribution in [0, 0.1) is 0 Å². The van der Waals surface area contributed by atoms with E-state index in [4.69, 9.17) is 5.73 Å². The van der Waals surface area contributed by atoms with Crippen molar-refractivity contribution < 1.29 is 4.79 Å². The number of nitrogens with zero attached hydrogens (tertiary/aromatic N) is 3. The number of rotatable bonds is 3. The Hall–Kier alpha value is -2.21. The molecule has 0 unspecified atom stereocenters. The van der Waals surface area contributed by atoms with E-state index in [0.717, 1.165) is 5.56 Å². The minimum absolute atomic E-state index is 0.313. The Morgan fingerprint density at radius 1 is 1.41 bits per heavy atom. The number of carbonyl (C=O) groups excluding carboxylic acids is 1. The first kappa shape index (κ1) is 11.3. The Balaban J connectivity index is 2.09. The molecule has 1 heterocycles. The first-order valence-corrected chi connectivity index (χ1v) is 5.14. The van der Waals surface area contributed by atoms with E-state index in [1.54, 1.807) is 19.2 Å². The average Bonchev–Trinajstić information content (AvgIpc) is 2.75. The van der Waals surface area contributed by atoms with Gasteiger partial charge in [0, 0.05) is 7.05 Å². The van der Waals surface area contributed by atoms with E-state index in [0.29, 0.717) is 5.95 Å². The van der Waals surface area contributed by atoms with E-state index in [9.17, 15) is 4.79 Å². The van der Waals surface area contributed by atoms with Crippen LogP contribution in [0.5, 0.6) is 0 Å². The van der Waals surface area contributed by atoms with Crippen molar-refractivity contribution in [1.29, 1.82) is 0 Å². The number of amides is 1. The van der Waals surface area contributed by atoms with Gasteiger partial charge in [0.05, 0.1) is 0 Å². The van der Waals surface area contributed by atoms with Crippen molar-refractivity contribution in [2.24, 2.45) is 12.8 Å². The van der Waals surface area contributed by atoms with E-state index in [-0.39, 0.29) is 5.91 Å². The summed E-state index contributed by atoms with van der Waals surface area (Å²) in [5.74, 6) is 0.0636. The number of nitrogens with two attached hydrogens (primary N) is 1. The topological polar surface area (TPSA) is 85.8 Å². The van der Waals surface area contributed by atoms with E-state index in [1.165, 1.54) is 11.0 Å². The number of aryl methyl sites for hydroxylation is 1. The summed E-state index contributed by atoms with van der Waals surface area (Å²) in [6.45, 7) is 0. The third kappa shape index (κ3) is 2.48. The van der Waals surface area contributed by atoms with Gasteiger partial charge >= 0.3 is 0 Å². The fraction of sp³-hybridized carbons (Fsp3) is 0.182. The summed E-state index contributed by atoms with van der Waals surface area (Å²) >= 11 is 0. The number of anilines is 1. The maximum atomic E-state index is 11.8. The minimum Gasteiger partial charge on any atom is -0.316 e. The summed E-state index contributed by atoms with van der Waals surface area (Å²) in [4.78, 5) is 15.7. The van der Waals surface area contributed by atoms with Crippen molar-refractivity contribution in [2.75, 3.05) is 5.32 Å². The normalized spacial score (nSPS) is 12.1. The Labute approximate surface area is 98.5 Å². The van der Waals surface area contributed by atoms with Crippen molar-refractivity contribution >= 4 is 11.9 Å². The summed E-state index contributed by atoms with van der Waals surface area (Å²) in [6.07, 6.45) is 1.36. The molecule has 0 saturated carbocycles. The summed E-state index contributed by atoms with van der Waals surface area (Å²) in [5.41, 5.74) is 6.59. The second-order valence-electron chi connectivity index (χ2n) is 3.58. The maximum Gasteiger partial charge on any atom is 0.248 e. The monoisotopic (exact) mass is 231 g/mol. The third-order valence-corrected chi connectivity index (χ3v) is 2.39. The molecule has 6 heteroatoms. The Morgan fingerprint density at radius 2 is 2.12 bits per heavy atom. The summed E-state index contributed by atoms with van der Waals surface area (Å²) < 4.78 is 1.47. The van der Waals surface area contributed by atoms with E-state index < -0.39 is 6.04 Å². The summed E-state index contributed by atoms with van der Waals surface area (Å²) in [7, 11) is 1.69. The van der Waals surface area contributed by atoms with Gasteiger partial charge in [0.15, 0.2) is 0 Å². The molecule has 0 aliphatic rings. The lowest BCUT2D eigenvalue weighted by atomic mass is 10.1. The van der Waals surface area contributed by atoms with Crippen molar-refractivity contribution in [3.63, 3.8) is 0 Å². The molecule has 3 N–H and O–H groups in total. The molecular weight excluding hydrogens is 218 g/mol. The Kier molecular flexibility index (Phi) is 3.15. The van der Waals surface area contributed by atoms with Crippen LogP contribution in [0.4, 0.5) is 5.95 Å². The highest BCUT2D eigenvalue weighted by molar-refractivity contribution is 5.93. The smallest absolute Gasteiger partial charge is 0.248 e. The molecule has 0 fully saturated rings. The van der Waals surface area contributed by atoms with E-state index >= 15 is 0 Å². The lowest BCUT2D eigenvalue weighted by molar-refractivity contribution is -0.117. The molecule has 0 aliphatic heterocycles. The van der Waals surface area contributed by atoms with Crippen molar-refractivity contribution in [3.05, 3.63) is 42.2 Å². The minimum atomic E-state index is -0.715. The third-order valence-electron chi connectivity index (χ3n) is 2.39. The molecule has 6 nitrogen and oxygen atoms in total. The highest BCUT2D eigenvalue weighted by Gasteiger charge is 2.16. The van der Waals surface area contributed by atoms with Crippen molar-refractivity contribution in [2.45, 2.75) is 6.04 Å². The predicted octanol–water partition coefficient (Wildman–Crippen LogP) is 0.454. The number of benzene rings is 1. The first-order valence-electron chi connectivity index (χ1n) is 5.14. The second kappa shape index (κ2) is 4.75. The van der Waals surface area contributed by atoms with Crippen LogP contribution in [0.2, 0.25) is 0 Å². The van der Waals surface area contributed by atoms with Gasteiger partial charge < -0.3 is 5.73 Å². The molecule has 0 aliphatic carbocycles. The molecule has 1 aromatic heterocycles. The average molecular weight is 231 g/mol. The number of hydrogen-bond acceptors (Lipinski definition) is 4. The van der Waals surface area contributed by atoms with Crippen molar-refractivity contribution in [1.82, 2.24) is 14.8 Å². The van der Waals surface area contributed by atoms with Gasteiger partial charge in [-0.2, -0.15) is 10.1 Å². The molecule has 1 atom stereocenters. The number of nitrogens with one attached hydrogen (secondary N) is 1. The quantitative estimate of drug-likeness (QED) is 0.803. The number of hydrogen-bond donors (Lipinski definition) is 2. The molecule has 88 valence electrons. The van der Waals surface area contributed by atoms with Crippen LogP contribution >= 0.6 is 0 Å². The zero-order chi connectivity index (χ0) is 12.3. The highest BCUT2D eigenvalue weighted by Crippen LogP contribution is 2.11. The van der Waals surface area contributed by atoms with Crippen molar-refractivity contribution in [3.8, 4) is 0 Å². The number of aromatic nitrogens is 3. The largest absolute Gasteiger partial charge is 0.316 e. The van der Waals surface area contributed by atoms with Gasteiger partial charge in [-0.15, -0.1) is 0 Å². The fourth-order valence-electron chi connectivity index (χ4n) is 1.41. The first-order chi connectivity index (χ1) is 8.18. The summed E-state index contributed by atoms with van der Waals surface area (Å²) in [6, 6.07) is 8.45. The standard InChI is InChI=1S/C11H13N5O/c1-16-11(13-7-14-16)15-10(17)9(12)8-5-3-2-4-6-8/h2-7,9H,12H2,1H3,(H,13,14,15,17)/t9-/m0/s1. The second-order valence-corrected chi connectivity index (χ2v) is 3.58. The maximum absolute atomic E-state index is 11.8. The zero-order valence-electron chi connectivity index (χ0n) is 9.37. The zero-order valence-corrected chi connectivity index (χ0v) is 9.37. The SMILES string of the molecule is Cn1ncnc1NC(=O)[C@@H](N)c1ccccc1. The van der Waals surface area contributed by atoms with Crippen LogP contribution in [-0.4, -0.2) is 20.7 Å². The molecule has 0 saturated heterocycles. The van der Waals surface area contributed by atoms with E-state index in [2.05, 4.69) is 15.4 Å². The lowest BCUT2D eigenvalue weighted by Gasteiger charge is -2.11. The van der Waals surface area contributed by atoms with Gasteiger partial charge in [-0.1, -0.05) is 30.3 Å². The molecule has 1 amide bonds. The van der Waals surface area contributed by atoms with Gasteiger partial charge in [0.1, 0.15) is 12.4 Å². The van der Waals surface area contributed by atoms with Crippen LogP contribution in [0.25, 0.3) is 0 Å². The molecule has 0 bridgehead atoms. The van der Waals surface area contributed by atoms with Gasteiger partial charge in [0.2, 0.25) is 11.9 Å². The van der Waals surface area contributed by atoms with Gasteiger partial charge in [-0.05, 0) is 5.56 Å². The molecule has 0 radical (unpaired) electrons. The fourth-order valence-corrected chi connectivity index (χ4v) is 1.41. The van der Waals surface area contributed by atoms with Gasteiger partial charge in [0.25, 0.3) is 0 Å². The van der Waals surface area contributed by atoms with Gasteiger partial charge in [-0.25, -0.2) is 4.68 Å². The lowest BCUT2D eigenvalue weighted by Crippen LogP contribution is -2.28.